The van der Waals surface area contributed by atoms with Gasteiger partial charge >= 0.3 is 0 Å². The zero-order valence-electron chi connectivity index (χ0n) is 20.4. The van der Waals surface area contributed by atoms with Gasteiger partial charge in [0, 0.05) is 17.8 Å². The Morgan fingerprint density at radius 1 is 1.11 bits per heavy atom. The van der Waals surface area contributed by atoms with Crippen LogP contribution in [-0.4, -0.2) is 51.5 Å². The van der Waals surface area contributed by atoms with Crippen LogP contribution in [0.5, 0.6) is 5.75 Å². The molecule has 0 spiro atoms. The van der Waals surface area contributed by atoms with Crippen molar-refractivity contribution in [1.82, 2.24) is 20.1 Å². The zero-order chi connectivity index (χ0) is 25.2. The third kappa shape index (κ3) is 7.25. The summed E-state index contributed by atoms with van der Waals surface area (Å²) in [6.45, 7) is 4.58. The molecule has 0 fully saturated rings. The summed E-state index contributed by atoms with van der Waals surface area (Å²) >= 11 is 3.04. The van der Waals surface area contributed by atoms with Crippen LogP contribution < -0.4 is 15.4 Å². The Labute approximate surface area is 214 Å². The van der Waals surface area contributed by atoms with Gasteiger partial charge in [0.1, 0.15) is 5.75 Å². The van der Waals surface area contributed by atoms with Crippen LogP contribution in [0, 0.1) is 6.92 Å². The van der Waals surface area contributed by atoms with E-state index >= 15 is 0 Å². The molecule has 35 heavy (non-hydrogen) atoms. The van der Waals surface area contributed by atoms with Crippen molar-refractivity contribution in [2.24, 2.45) is 0 Å². The van der Waals surface area contributed by atoms with E-state index in [9.17, 15) is 9.59 Å². The van der Waals surface area contributed by atoms with Gasteiger partial charge in [-0.25, -0.2) is 0 Å². The molecule has 8 nitrogen and oxygen atoms in total. The number of para-hydroxylation sites is 1. The molecule has 3 rings (SSSR count). The summed E-state index contributed by atoms with van der Waals surface area (Å²) in [6, 6.07) is 14.4. The van der Waals surface area contributed by atoms with E-state index in [1.54, 1.807) is 43.1 Å². The Kier molecular flexibility index (Phi) is 10.0. The van der Waals surface area contributed by atoms with Gasteiger partial charge in [0.2, 0.25) is 5.91 Å². The average molecular weight is 514 g/mol. The van der Waals surface area contributed by atoms with E-state index in [1.165, 1.54) is 11.8 Å². The summed E-state index contributed by atoms with van der Waals surface area (Å²) in [4.78, 5) is 25.4. The molecule has 2 amide bonds. The van der Waals surface area contributed by atoms with E-state index in [-0.39, 0.29) is 23.6 Å². The van der Waals surface area contributed by atoms with Crippen molar-refractivity contribution < 1.29 is 14.3 Å². The topological polar surface area (TPSA) is 98.1 Å². The maximum atomic E-state index is 12.9. The fourth-order valence-electron chi connectivity index (χ4n) is 3.48. The molecule has 1 unspecified atom stereocenters. The Morgan fingerprint density at radius 2 is 1.86 bits per heavy atom. The molecule has 0 bridgehead atoms. The second-order valence-corrected chi connectivity index (χ2v) is 9.70. The molecule has 10 heteroatoms. The van der Waals surface area contributed by atoms with Crippen molar-refractivity contribution in [2.45, 2.75) is 38.0 Å². The summed E-state index contributed by atoms with van der Waals surface area (Å²) in [6.07, 6.45) is 2.74. The lowest BCUT2D eigenvalue weighted by Crippen LogP contribution is -2.31. The molecule has 0 aliphatic carbocycles. The number of amides is 2. The van der Waals surface area contributed by atoms with Gasteiger partial charge in [-0.1, -0.05) is 30.0 Å². The molecular formula is C25H31N5O3S2. The molecule has 0 aliphatic heterocycles. The maximum Gasteiger partial charge on any atom is 0.251 e. The minimum Gasteiger partial charge on any atom is -0.497 e. The van der Waals surface area contributed by atoms with Crippen molar-refractivity contribution in [3.63, 3.8) is 0 Å². The first kappa shape index (κ1) is 26.6. The molecule has 1 atom stereocenters. The molecule has 1 aromatic heterocycles. The summed E-state index contributed by atoms with van der Waals surface area (Å²) in [5, 5.41) is 15.4. The number of aryl methyl sites for hydroxylation is 1. The lowest BCUT2D eigenvalue weighted by atomic mass is 10.1. The predicted octanol–water partition coefficient (Wildman–Crippen LogP) is 4.57. The highest BCUT2D eigenvalue weighted by Gasteiger charge is 2.23. The number of rotatable bonds is 12. The summed E-state index contributed by atoms with van der Waals surface area (Å²) in [5.74, 6) is 2.15. The largest absolute Gasteiger partial charge is 0.497 e. The normalized spacial score (nSPS) is 11.7. The number of nitrogens with zero attached hydrogens (tertiary/aromatic N) is 3. The molecule has 0 aliphatic rings. The molecule has 1 heterocycles. The summed E-state index contributed by atoms with van der Waals surface area (Å²) in [5.41, 5.74) is 2.35. The fraction of sp³-hybridized carbons (Fsp3) is 0.360. The van der Waals surface area contributed by atoms with E-state index in [1.807, 2.05) is 48.9 Å². The van der Waals surface area contributed by atoms with Crippen LogP contribution in [0.2, 0.25) is 0 Å². The van der Waals surface area contributed by atoms with Crippen LogP contribution in [0.4, 0.5) is 5.69 Å². The molecule has 0 saturated heterocycles. The molecule has 2 aromatic carbocycles. The number of hydrogen-bond acceptors (Lipinski definition) is 7. The lowest BCUT2D eigenvalue weighted by Gasteiger charge is -2.19. The molecule has 186 valence electrons. The van der Waals surface area contributed by atoms with Gasteiger partial charge < -0.3 is 19.9 Å². The van der Waals surface area contributed by atoms with E-state index in [0.717, 1.165) is 17.0 Å². The van der Waals surface area contributed by atoms with Crippen LogP contribution in [0.1, 0.15) is 41.1 Å². The third-order valence-corrected chi connectivity index (χ3v) is 7.00. The number of aromatic nitrogens is 3. The van der Waals surface area contributed by atoms with Crippen molar-refractivity contribution >= 4 is 41.0 Å². The zero-order valence-corrected chi connectivity index (χ0v) is 22.0. The Morgan fingerprint density at radius 3 is 2.51 bits per heavy atom. The van der Waals surface area contributed by atoms with Gasteiger partial charge in [-0.3, -0.25) is 9.59 Å². The van der Waals surface area contributed by atoms with E-state index in [4.69, 9.17) is 4.74 Å². The fourth-order valence-corrected chi connectivity index (χ4v) is 4.76. The van der Waals surface area contributed by atoms with E-state index in [2.05, 4.69) is 20.8 Å². The quantitative estimate of drug-likeness (QED) is 0.342. The van der Waals surface area contributed by atoms with Gasteiger partial charge in [0.25, 0.3) is 5.91 Å². The van der Waals surface area contributed by atoms with Crippen molar-refractivity contribution in [2.75, 3.05) is 30.2 Å². The Balaban J connectivity index is 1.71. The first-order valence-corrected chi connectivity index (χ1v) is 13.7. The number of ether oxygens (including phenoxy) is 1. The second kappa shape index (κ2) is 13.2. The summed E-state index contributed by atoms with van der Waals surface area (Å²) in [7, 11) is 1.59. The summed E-state index contributed by atoms with van der Waals surface area (Å²) < 4.78 is 7.14. The third-order valence-electron chi connectivity index (χ3n) is 5.39. The number of anilines is 1. The molecule has 0 saturated carbocycles. The van der Waals surface area contributed by atoms with Crippen LogP contribution in [0.25, 0.3) is 0 Å². The number of nitrogens with one attached hydrogen (secondary N) is 2. The highest BCUT2D eigenvalue weighted by atomic mass is 32.2. The lowest BCUT2D eigenvalue weighted by molar-refractivity contribution is -0.113. The highest BCUT2D eigenvalue weighted by Crippen LogP contribution is 2.24. The maximum absolute atomic E-state index is 12.9. The van der Waals surface area contributed by atoms with Crippen molar-refractivity contribution in [3.05, 3.63) is 65.5 Å². The smallest absolute Gasteiger partial charge is 0.251 e. The molecule has 2 N–H and O–H groups in total. The van der Waals surface area contributed by atoms with Crippen molar-refractivity contribution in [1.29, 1.82) is 0 Å². The first-order valence-electron chi connectivity index (χ1n) is 11.3. The average Bonchev–Trinajstić information content (AvgIpc) is 3.29. The minimum atomic E-state index is -0.306. The number of hydrogen-bond donors (Lipinski definition) is 2. The van der Waals surface area contributed by atoms with Gasteiger partial charge in [0.05, 0.1) is 18.9 Å². The number of thioether (sulfide) groups is 2. The van der Waals surface area contributed by atoms with Gasteiger partial charge in [-0.2, -0.15) is 11.8 Å². The molecular weight excluding hydrogens is 482 g/mol. The number of carbonyl (C=O) groups is 2. The number of benzene rings is 2. The Bertz CT molecular complexity index is 1130. The van der Waals surface area contributed by atoms with Gasteiger partial charge in [-0.15, -0.1) is 10.2 Å². The Hall–Kier alpha value is -2.98. The monoisotopic (exact) mass is 513 g/mol. The number of methoxy groups -OCH3 is 1. The minimum absolute atomic E-state index is 0.108. The first-order chi connectivity index (χ1) is 17.0. The highest BCUT2D eigenvalue weighted by molar-refractivity contribution is 7.99. The van der Waals surface area contributed by atoms with Crippen LogP contribution in [-0.2, 0) is 11.3 Å². The molecule has 0 radical (unpaired) electrons. The van der Waals surface area contributed by atoms with Crippen LogP contribution in [0.3, 0.4) is 0 Å². The second-order valence-electron chi connectivity index (χ2n) is 7.77. The van der Waals surface area contributed by atoms with Gasteiger partial charge in [-0.05, 0) is 68.2 Å². The predicted molar refractivity (Wildman–Crippen MR) is 142 cm³/mol. The number of carbonyl (C=O) groups excluding carboxylic acids is 2. The van der Waals surface area contributed by atoms with Crippen molar-refractivity contribution in [3.8, 4) is 5.75 Å². The van der Waals surface area contributed by atoms with Crippen LogP contribution >= 0.6 is 23.5 Å². The standard InChI is InChI=1S/C25H31N5O3S2/c1-5-30-23(21(14-15-34-4)27-24(32)18-10-12-19(33-3)13-11-18)28-29-25(30)35-16-22(31)26-20-9-7-6-8-17(20)2/h6-13,21H,5,14-16H2,1-4H3,(H,26,31)(H,27,32). The van der Waals surface area contributed by atoms with Crippen LogP contribution in [0.15, 0.2) is 53.7 Å². The van der Waals surface area contributed by atoms with Gasteiger partial charge in [0.15, 0.2) is 11.0 Å². The van der Waals surface area contributed by atoms with E-state index < -0.39 is 0 Å². The molecule has 3 aromatic rings. The SMILES string of the molecule is CCn1c(SCC(=O)Nc2ccccc2C)nnc1C(CCSC)NC(=O)c1ccc(OC)cc1. The van der Waals surface area contributed by atoms with E-state index in [0.29, 0.717) is 35.3 Å².